The summed E-state index contributed by atoms with van der Waals surface area (Å²) >= 11 is 0. The number of hydrogen-bond donors (Lipinski definition) is 0. The van der Waals surface area contributed by atoms with Gasteiger partial charge in [-0.2, -0.15) is 0 Å². The molecule has 0 aliphatic rings. The Kier molecular flexibility index (Phi) is 8.72. The molecule has 5 rings (SSSR count). The SMILES string of the molecule is c1ccc(CN(Cc2ccccn2)Cc2ccc(CCN(Cc3ccccn3)c3ccccn3)cn2)nc1. The van der Waals surface area contributed by atoms with E-state index in [2.05, 4.69) is 54.0 Å². The Morgan fingerprint density at radius 3 is 1.47 bits per heavy atom. The summed E-state index contributed by atoms with van der Waals surface area (Å²) in [5.74, 6) is 0.947. The highest BCUT2D eigenvalue weighted by Gasteiger charge is 2.12. The minimum absolute atomic E-state index is 0.708. The van der Waals surface area contributed by atoms with E-state index in [1.807, 2.05) is 91.6 Å². The molecule has 0 aliphatic carbocycles. The van der Waals surface area contributed by atoms with E-state index in [0.29, 0.717) is 13.1 Å². The Morgan fingerprint density at radius 2 is 1.00 bits per heavy atom. The Hall–Kier alpha value is -4.49. The van der Waals surface area contributed by atoms with Crippen LogP contribution in [0.1, 0.15) is 28.3 Å². The van der Waals surface area contributed by atoms with Crippen molar-refractivity contribution < 1.29 is 0 Å². The van der Waals surface area contributed by atoms with Crippen LogP contribution in [0.4, 0.5) is 5.82 Å². The number of nitrogens with zero attached hydrogens (tertiary/aromatic N) is 7. The molecule has 190 valence electrons. The van der Waals surface area contributed by atoms with Gasteiger partial charge in [0.2, 0.25) is 0 Å². The van der Waals surface area contributed by atoms with Crippen LogP contribution in [-0.2, 0) is 32.6 Å². The predicted octanol–water partition coefficient (Wildman–Crippen LogP) is 5.11. The third-order valence-corrected chi connectivity index (χ3v) is 6.22. The molecule has 5 aromatic rings. The Balaban J connectivity index is 1.24. The summed E-state index contributed by atoms with van der Waals surface area (Å²) in [6, 6.07) is 28.4. The molecular weight excluding hydrogens is 470 g/mol. The maximum Gasteiger partial charge on any atom is 0.128 e. The topological polar surface area (TPSA) is 70.9 Å². The first-order valence-corrected chi connectivity index (χ1v) is 12.8. The molecule has 0 aromatic carbocycles. The van der Waals surface area contributed by atoms with E-state index in [4.69, 9.17) is 4.98 Å². The first-order valence-electron chi connectivity index (χ1n) is 12.8. The molecule has 0 saturated carbocycles. The molecule has 0 spiro atoms. The van der Waals surface area contributed by atoms with Gasteiger partial charge in [0, 0.05) is 57.2 Å². The standard InChI is InChI=1S/C31H31N7/c1-5-16-32-27(9-1)22-37(23-28-10-2-6-17-33-28)24-30-14-13-26(21-36-30)15-20-38(31-12-4-8-19-35-31)25-29-11-3-7-18-34-29/h1-14,16-19,21H,15,20,22-25H2. The zero-order valence-corrected chi connectivity index (χ0v) is 21.3. The van der Waals surface area contributed by atoms with Crippen molar-refractivity contribution >= 4 is 5.82 Å². The average molecular weight is 502 g/mol. The second-order valence-corrected chi connectivity index (χ2v) is 9.13. The lowest BCUT2D eigenvalue weighted by molar-refractivity contribution is 0.239. The van der Waals surface area contributed by atoms with Crippen LogP contribution in [0.25, 0.3) is 0 Å². The fraction of sp³-hybridized carbons (Fsp3) is 0.194. The van der Waals surface area contributed by atoms with Gasteiger partial charge in [0.15, 0.2) is 0 Å². The van der Waals surface area contributed by atoms with Gasteiger partial charge in [-0.1, -0.05) is 30.3 Å². The highest BCUT2D eigenvalue weighted by atomic mass is 15.2. The quantitative estimate of drug-likeness (QED) is 0.235. The number of hydrogen-bond acceptors (Lipinski definition) is 7. The summed E-state index contributed by atoms with van der Waals surface area (Å²) in [7, 11) is 0. The minimum atomic E-state index is 0.708. The van der Waals surface area contributed by atoms with Crippen molar-refractivity contribution in [2.24, 2.45) is 0 Å². The molecule has 0 radical (unpaired) electrons. The average Bonchev–Trinajstić information content (AvgIpc) is 2.98. The molecule has 7 nitrogen and oxygen atoms in total. The highest BCUT2D eigenvalue weighted by molar-refractivity contribution is 5.38. The van der Waals surface area contributed by atoms with Gasteiger partial charge < -0.3 is 4.90 Å². The van der Waals surface area contributed by atoms with Gasteiger partial charge in [0.1, 0.15) is 5.82 Å². The molecule has 0 unspecified atom stereocenters. The molecule has 0 atom stereocenters. The number of anilines is 1. The van der Waals surface area contributed by atoms with Crippen LogP contribution < -0.4 is 4.90 Å². The van der Waals surface area contributed by atoms with Crippen molar-refractivity contribution in [1.82, 2.24) is 29.8 Å². The Morgan fingerprint density at radius 1 is 0.474 bits per heavy atom. The lowest BCUT2D eigenvalue weighted by atomic mass is 10.1. The van der Waals surface area contributed by atoms with Crippen molar-refractivity contribution in [3.63, 3.8) is 0 Å². The minimum Gasteiger partial charge on any atom is -0.350 e. The lowest BCUT2D eigenvalue weighted by Crippen LogP contribution is -2.26. The van der Waals surface area contributed by atoms with Crippen LogP contribution in [0.5, 0.6) is 0 Å². The van der Waals surface area contributed by atoms with E-state index in [-0.39, 0.29) is 0 Å². The van der Waals surface area contributed by atoms with Gasteiger partial charge in [-0.05, 0) is 66.6 Å². The maximum absolute atomic E-state index is 4.81. The van der Waals surface area contributed by atoms with E-state index in [1.54, 1.807) is 0 Å². The summed E-state index contributed by atoms with van der Waals surface area (Å²) in [4.78, 5) is 27.5. The van der Waals surface area contributed by atoms with E-state index < -0.39 is 0 Å². The third kappa shape index (κ3) is 7.51. The first kappa shape index (κ1) is 25.2. The molecule has 0 fully saturated rings. The molecular formula is C31H31N7. The molecule has 0 bridgehead atoms. The summed E-state index contributed by atoms with van der Waals surface area (Å²) in [6.45, 7) is 3.70. The van der Waals surface area contributed by atoms with Crippen molar-refractivity contribution in [2.45, 2.75) is 32.6 Å². The largest absolute Gasteiger partial charge is 0.350 e. The second kappa shape index (κ2) is 13.2. The van der Waals surface area contributed by atoms with Crippen LogP contribution in [-0.4, -0.2) is 36.4 Å². The van der Waals surface area contributed by atoms with Crippen LogP contribution >= 0.6 is 0 Å². The predicted molar refractivity (Wildman–Crippen MR) is 149 cm³/mol. The summed E-state index contributed by atoms with van der Waals surface area (Å²) in [5.41, 5.74) is 5.30. The Labute approximate surface area is 223 Å². The molecule has 0 amide bonds. The molecule has 5 heterocycles. The van der Waals surface area contributed by atoms with Gasteiger partial charge in [-0.25, -0.2) is 4.98 Å². The summed E-state index contributed by atoms with van der Waals surface area (Å²) < 4.78 is 0. The van der Waals surface area contributed by atoms with E-state index in [1.165, 1.54) is 5.56 Å². The fourth-order valence-electron chi connectivity index (χ4n) is 4.30. The van der Waals surface area contributed by atoms with Gasteiger partial charge in [-0.15, -0.1) is 0 Å². The molecule has 0 aliphatic heterocycles. The zero-order chi connectivity index (χ0) is 25.8. The van der Waals surface area contributed by atoms with Gasteiger partial charge in [0.25, 0.3) is 0 Å². The Bertz CT molecular complexity index is 1310. The molecule has 5 aromatic heterocycles. The van der Waals surface area contributed by atoms with E-state index in [0.717, 1.165) is 54.6 Å². The number of rotatable bonds is 12. The van der Waals surface area contributed by atoms with Crippen molar-refractivity contribution in [2.75, 3.05) is 11.4 Å². The van der Waals surface area contributed by atoms with Gasteiger partial charge >= 0.3 is 0 Å². The third-order valence-electron chi connectivity index (χ3n) is 6.22. The highest BCUT2D eigenvalue weighted by Crippen LogP contribution is 2.15. The number of aromatic nitrogens is 5. The zero-order valence-electron chi connectivity index (χ0n) is 21.3. The molecule has 0 N–H and O–H groups in total. The van der Waals surface area contributed by atoms with Crippen molar-refractivity contribution in [3.8, 4) is 0 Å². The first-order chi connectivity index (χ1) is 18.8. The second-order valence-electron chi connectivity index (χ2n) is 9.13. The fourth-order valence-corrected chi connectivity index (χ4v) is 4.30. The van der Waals surface area contributed by atoms with Crippen LogP contribution in [0, 0.1) is 0 Å². The molecule has 0 saturated heterocycles. The smallest absolute Gasteiger partial charge is 0.128 e. The summed E-state index contributed by atoms with van der Waals surface area (Å²) in [5, 5.41) is 0. The normalized spacial score (nSPS) is 11.0. The maximum atomic E-state index is 4.81. The van der Waals surface area contributed by atoms with E-state index >= 15 is 0 Å². The van der Waals surface area contributed by atoms with Crippen LogP contribution in [0.15, 0.2) is 116 Å². The van der Waals surface area contributed by atoms with Crippen molar-refractivity contribution in [1.29, 1.82) is 0 Å². The van der Waals surface area contributed by atoms with E-state index in [9.17, 15) is 0 Å². The van der Waals surface area contributed by atoms with Crippen LogP contribution in [0.2, 0.25) is 0 Å². The molecule has 7 heteroatoms. The monoisotopic (exact) mass is 501 g/mol. The summed E-state index contributed by atoms with van der Waals surface area (Å²) in [6.07, 6.45) is 10.2. The molecule has 38 heavy (non-hydrogen) atoms. The van der Waals surface area contributed by atoms with Gasteiger partial charge in [-0.3, -0.25) is 24.8 Å². The van der Waals surface area contributed by atoms with Crippen molar-refractivity contribution in [3.05, 3.63) is 144 Å². The van der Waals surface area contributed by atoms with Gasteiger partial charge in [0.05, 0.1) is 29.3 Å². The number of pyridine rings is 5. The lowest BCUT2D eigenvalue weighted by Gasteiger charge is -2.23. The van der Waals surface area contributed by atoms with Crippen LogP contribution in [0.3, 0.4) is 0 Å².